The molecule has 7 aromatic carbocycles. The van der Waals surface area contributed by atoms with Crippen LogP contribution in [0.15, 0.2) is 186 Å². The maximum absolute atomic E-state index is 2.46. The first-order valence-electron chi connectivity index (χ1n) is 15.4. The van der Waals surface area contributed by atoms with E-state index in [4.69, 9.17) is 0 Å². The number of hydrogen-bond donors (Lipinski definition) is 0. The van der Waals surface area contributed by atoms with Crippen LogP contribution in [-0.4, -0.2) is 4.57 Å². The second-order valence-electron chi connectivity index (χ2n) is 11.7. The first-order chi connectivity index (χ1) is 22.3. The van der Waals surface area contributed by atoms with Crippen molar-refractivity contribution in [1.82, 2.24) is 4.57 Å². The van der Waals surface area contributed by atoms with Gasteiger partial charge in [-0.3, -0.25) is 0 Å². The van der Waals surface area contributed by atoms with Gasteiger partial charge in [-0.2, -0.15) is 0 Å². The molecule has 0 amide bonds. The van der Waals surface area contributed by atoms with Gasteiger partial charge in [-0.15, -0.1) is 0 Å². The minimum atomic E-state index is -0.451. The van der Waals surface area contributed by atoms with Gasteiger partial charge in [0.25, 0.3) is 0 Å². The van der Waals surface area contributed by atoms with Gasteiger partial charge in [0.05, 0.1) is 16.4 Å². The van der Waals surface area contributed by atoms with Gasteiger partial charge in [0.1, 0.15) is 0 Å². The monoisotopic (exact) mass is 591 g/mol. The van der Waals surface area contributed by atoms with E-state index in [1.807, 2.05) is 0 Å². The number of rotatable bonds is 5. The predicted molar refractivity (Wildman–Crippen MR) is 189 cm³/mol. The molecule has 0 radical (unpaired) electrons. The van der Waals surface area contributed by atoms with Crippen molar-refractivity contribution < 1.29 is 0 Å². The van der Waals surface area contributed by atoms with Gasteiger partial charge in [-0.25, -0.2) is 0 Å². The summed E-state index contributed by atoms with van der Waals surface area (Å²) in [5, 5.41) is 2.53. The fourth-order valence-corrected chi connectivity index (χ4v) is 8.32. The summed E-state index contributed by atoms with van der Waals surface area (Å²) in [4.78, 5) is 2.48. The molecule has 1 aliphatic rings. The summed E-state index contributed by atoms with van der Waals surface area (Å²) in [6.45, 7) is 0. The lowest BCUT2D eigenvalue weighted by molar-refractivity contribution is 0.768. The summed E-state index contributed by atoms with van der Waals surface area (Å²) < 4.78 is 2.40. The van der Waals surface area contributed by atoms with Gasteiger partial charge in [0, 0.05) is 26.3 Å². The zero-order valence-corrected chi connectivity index (χ0v) is 25.4. The molecule has 1 heterocycles. The summed E-state index contributed by atoms with van der Waals surface area (Å²) in [7, 11) is 0. The fourth-order valence-electron chi connectivity index (χ4n) is 7.48. The predicted octanol–water partition coefficient (Wildman–Crippen LogP) is 11.3. The van der Waals surface area contributed by atoms with Crippen molar-refractivity contribution in [1.29, 1.82) is 0 Å². The Labute approximate surface area is 267 Å². The van der Waals surface area contributed by atoms with Crippen LogP contribution in [0.3, 0.4) is 0 Å². The fraction of sp³-hybridized carbons (Fsp3) is 0.0233. The Bertz CT molecular complexity index is 2290. The molecule has 1 aromatic heterocycles. The lowest BCUT2D eigenvalue weighted by Crippen LogP contribution is -2.28. The van der Waals surface area contributed by atoms with E-state index >= 15 is 0 Å². The van der Waals surface area contributed by atoms with Crippen LogP contribution in [0.4, 0.5) is 0 Å². The van der Waals surface area contributed by atoms with Crippen LogP contribution >= 0.6 is 11.8 Å². The van der Waals surface area contributed by atoms with E-state index in [9.17, 15) is 0 Å². The number of fused-ring (bicyclic) bond motifs is 6. The first kappa shape index (κ1) is 26.1. The highest BCUT2D eigenvalue weighted by molar-refractivity contribution is 7.99. The van der Waals surface area contributed by atoms with Gasteiger partial charge >= 0.3 is 0 Å². The molecule has 0 saturated heterocycles. The lowest BCUT2D eigenvalue weighted by atomic mass is 9.67. The molecule has 0 fully saturated rings. The van der Waals surface area contributed by atoms with E-state index in [1.165, 1.54) is 70.7 Å². The number of aromatic nitrogens is 1. The third kappa shape index (κ3) is 3.96. The Morgan fingerprint density at radius 1 is 0.400 bits per heavy atom. The second-order valence-corrected chi connectivity index (χ2v) is 12.8. The van der Waals surface area contributed by atoms with Crippen LogP contribution in [0.25, 0.3) is 38.6 Å². The summed E-state index contributed by atoms with van der Waals surface area (Å²) in [6, 6.07) is 64.5. The van der Waals surface area contributed by atoms with E-state index in [2.05, 4.69) is 180 Å². The van der Waals surface area contributed by atoms with E-state index in [0.29, 0.717) is 0 Å². The van der Waals surface area contributed by atoms with E-state index < -0.39 is 5.41 Å². The average Bonchev–Trinajstić information content (AvgIpc) is 3.60. The van der Waals surface area contributed by atoms with Crippen molar-refractivity contribution in [2.45, 2.75) is 15.2 Å². The quantitative estimate of drug-likeness (QED) is 0.193. The number of para-hydroxylation sites is 2. The molecule has 0 bridgehead atoms. The zero-order chi connectivity index (χ0) is 29.8. The molecule has 0 atom stereocenters. The number of nitrogens with zero attached hydrogens (tertiary/aromatic N) is 1. The third-order valence-corrected chi connectivity index (χ3v) is 10.4. The normalized spacial score (nSPS) is 13.2. The molecular formula is C43H29NS. The molecule has 45 heavy (non-hydrogen) atoms. The molecule has 2 heteroatoms. The largest absolute Gasteiger partial charge is 0.309 e. The number of hydrogen-bond acceptors (Lipinski definition) is 1. The van der Waals surface area contributed by atoms with Gasteiger partial charge in [0.2, 0.25) is 0 Å². The van der Waals surface area contributed by atoms with Crippen LogP contribution in [0.2, 0.25) is 0 Å². The van der Waals surface area contributed by atoms with Crippen molar-refractivity contribution in [2.24, 2.45) is 0 Å². The van der Waals surface area contributed by atoms with E-state index in [0.717, 1.165) is 0 Å². The Balaban J connectivity index is 1.32. The molecule has 0 aliphatic heterocycles. The Kier molecular flexibility index (Phi) is 6.04. The summed E-state index contributed by atoms with van der Waals surface area (Å²) in [5.74, 6) is 0. The standard InChI is InChI=1S/C43H29NS/c1-3-13-32(14-4-1)44-41-22-12-9-19-37(41)38-29-31(25-28-42(38)44)43(30-23-26-34(27-24-30)45-33-15-5-2-6-16-33)39-20-10-7-17-35(39)36-18-8-11-21-40(36)43/h1-29H. The summed E-state index contributed by atoms with van der Waals surface area (Å²) in [6.07, 6.45) is 0. The highest BCUT2D eigenvalue weighted by Crippen LogP contribution is 2.56. The Morgan fingerprint density at radius 2 is 0.933 bits per heavy atom. The average molecular weight is 592 g/mol. The third-order valence-electron chi connectivity index (χ3n) is 9.34. The Morgan fingerprint density at radius 3 is 1.64 bits per heavy atom. The highest BCUT2D eigenvalue weighted by Gasteiger charge is 2.46. The van der Waals surface area contributed by atoms with Gasteiger partial charge in [-0.05, 0) is 88.0 Å². The van der Waals surface area contributed by atoms with Gasteiger partial charge in [0.15, 0.2) is 0 Å². The maximum Gasteiger partial charge on any atom is 0.0713 e. The molecule has 9 rings (SSSR count). The molecule has 0 unspecified atom stereocenters. The van der Waals surface area contributed by atoms with Crippen LogP contribution < -0.4 is 0 Å². The van der Waals surface area contributed by atoms with Crippen molar-refractivity contribution in [3.63, 3.8) is 0 Å². The van der Waals surface area contributed by atoms with Crippen LogP contribution in [-0.2, 0) is 5.41 Å². The number of benzene rings is 7. The molecule has 1 nitrogen and oxygen atoms in total. The van der Waals surface area contributed by atoms with Crippen LogP contribution in [0.1, 0.15) is 22.3 Å². The minimum Gasteiger partial charge on any atom is -0.309 e. The molecule has 0 saturated carbocycles. The highest BCUT2D eigenvalue weighted by atomic mass is 32.2. The summed E-state index contributed by atoms with van der Waals surface area (Å²) in [5.41, 5.74) is 11.0. The molecule has 0 spiro atoms. The van der Waals surface area contributed by atoms with Gasteiger partial charge in [-0.1, -0.05) is 133 Å². The SMILES string of the molecule is c1ccc(Sc2ccc(C3(c4ccc5c(c4)c4ccccc4n5-c4ccccc4)c4ccccc4-c4ccccc43)cc2)cc1. The van der Waals surface area contributed by atoms with Crippen molar-refractivity contribution in [2.75, 3.05) is 0 Å². The molecule has 1 aliphatic carbocycles. The van der Waals surface area contributed by atoms with Crippen LogP contribution in [0, 0.1) is 0 Å². The van der Waals surface area contributed by atoms with Crippen molar-refractivity contribution >= 4 is 33.6 Å². The smallest absolute Gasteiger partial charge is 0.0713 e. The second kappa shape index (κ2) is 10.4. The molecule has 0 N–H and O–H groups in total. The topological polar surface area (TPSA) is 4.93 Å². The summed E-state index contributed by atoms with van der Waals surface area (Å²) >= 11 is 1.81. The molecule has 212 valence electrons. The molecule has 8 aromatic rings. The van der Waals surface area contributed by atoms with Gasteiger partial charge < -0.3 is 4.57 Å². The zero-order valence-electron chi connectivity index (χ0n) is 24.6. The maximum atomic E-state index is 2.46. The lowest BCUT2D eigenvalue weighted by Gasteiger charge is -2.34. The molecular weight excluding hydrogens is 563 g/mol. The van der Waals surface area contributed by atoms with Crippen LogP contribution in [0.5, 0.6) is 0 Å². The van der Waals surface area contributed by atoms with E-state index in [1.54, 1.807) is 11.8 Å². The van der Waals surface area contributed by atoms with E-state index in [-0.39, 0.29) is 0 Å². The Hall–Kier alpha value is -5.31. The van der Waals surface area contributed by atoms with Crippen molar-refractivity contribution in [3.05, 3.63) is 198 Å². The minimum absolute atomic E-state index is 0.451. The van der Waals surface area contributed by atoms with Crippen molar-refractivity contribution in [3.8, 4) is 16.8 Å². The first-order valence-corrected chi connectivity index (χ1v) is 16.3.